The maximum atomic E-state index is 12.0. The topological polar surface area (TPSA) is 71.1 Å². The normalized spacial score (nSPS) is 10.3. The van der Waals surface area contributed by atoms with Crippen LogP contribution in [-0.2, 0) is 22.4 Å². The number of thiazole rings is 1. The third-order valence-electron chi connectivity index (χ3n) is 3.55. The molecule has 5 nitrogen and oxygen atoms in total. The van der Waals surface area contributed by atoms with E-state index in [0.29, 0.717) is 5.01 Å². The standard InChI is InChI=1S/C19H16BrN3O2S/c20-15-8-6-13(7-9-15)10-17(24)22-23-18(25)11-19-21-16(12-26-19)14-4-2-1-3-5-14/h1-9,12H,10-11H2,(H,22,24)(H,23,25). The van der Waals surface area contributed by atoms with Crippen LogP contribution in [0, 0.1) is 0 Å². The third kappa shape index (κ3) is 5.24. The molecular formula is C19H16BrN3O2S. The molecular weight excluding hydrogens is 414 g/mol. The predicted molar refractivity (Wildman–Crippen MR) is 105 cm³/mol. The summed E-state index contributed by atoms with van der Waals surface area (Å²) in [6, 6.07) is 17.2. The maximum absolute atomic E-state index is 12.0. The smallest absolute Gasteiger partial charge is 0.245 e. The van der Waals surface area contributed by atoms with E-state index in [1.54, 1.807) is 0 Å². The second-order valence-electron chi connectivity index (χ2n) is 5.57. The van der Waals surface area contributed by atoms with E-state index in [2.05, 4.69) is 31.8 Å². The van der Waals surface area contributed by atoms with Crippen LogP contribution in [0.1, 0.15) is 10.6 Å². The van der Waals surface area contributed by atoms with E-state index < -0.39 is 0 Å². The van der Waals surface area contributed by atoms with Crippen LogP contribution in [0.4, 0.5) is 0 Å². The van der Waals surface area contributed by atoms with Gasteiger partial charge in [0.2, 0.25) is 11.8 Å². The van der Waals surface area contributed by atoms with E-state index in [1.165, 1.54) is 11.3 Å². The van der Waals surface area contributed by atoms with Crippen molar-refractivity contribution < 1.29 is 9.59 Å². The molecule has 2 amide bonds. The molecule has 3 aromatic rings. The van der Waals surface area contributed by atoms with Gasteiger partial charge in [-0.05, 0) is 17.7 Å². The number of benzene rings is 2. The molecule has 0 unspecified atom stereocenters. The Morgan fingerprint density at radius 1 is 0.923 bits per heavy atom. The number of aromatic nitrogens is 1. The maximum Gasteiger partial charge on any atom is 0.245 e. The van der Waals surface area contributed by atoms with Crippen LogP contribution in [0.15, 0.2) is 64.5 Å². The lowest BCUT2D eigenvalue weighted by molar-refractivity contribution is -0.128. The summed E-state index contributed by atoms with van der Waals surface area (Å²) < 4.78 is 0.952. The molecule has 0 aliphatic rings. The third-order valence-corrected chi connectivity index (χ3v) is 4.93. The highest BCUT2D eigenvalue weighted by Crippen LogP contribution is 2.21. The van der Waals surface area contributed by atoms with Crippen molar-refractivity contribution in [3.63, 3.8) is 0 Å². The Morgan fingerprint density at radius 2 is 1.58 bits per heavy atom. The van der Waals surface area contributed by atoms with Crippen LogP contribution in [0.2, 0.25) is 0 Å². The second-order valence-corrected chi connectivity index (χ2v) is 7.43. The summed E-state index contributed by atoms with van der Waals surface area (Å²) in [5.74, 6) is -0.576. The van der Waals surface area contributed by atoms with E-state index in [1.807, 2.05) is 60.0 Å². The lowest BCUT2D eigenvalue weighted by Crippen LogP contribution is -2.43. The summed E-state index contributed by atoms with van der Waals surface area (Å²) in [5.41, 5.74) is 7.59. The Labute approximate surface area is 163 Å². The average Bonchev–Trinajstić information content (AvgIpc) is 3.11. The minimum Gasteiger partial charge on any atom is -0.273 e. The van der Waals surface area contributed by atoms with Gasteiger partial charge >= 0.3 is 0 Å². The molecule has 1 heterocycles. The first-order valence-electron chi connectivity index (χ1n) is 7.92. The van der Waals surface area contributed by atoms with Crippen LogP contribution < -0.4 is 10.9 Å². The predicted octanol–water partition coefficient (Wildman–Crippen LogP) is 3.51. The van der Waals surface area contributed by atoms with Crippen LogP contribution >= 0.6 is 27.3 Å². The highest BCUT2D eigenvalue weighted by Gasteiger charge is 2.10. The monoisotopic (exact) mass is 429 g/mol. The summed E-state index contributed by atoms with van der Waals surface area (Å²) in [4.78, 5) is 28.4. The van der Waals surface area contributed by atoms with Gasteiger partial charge in [0.15, 0.2) is 0 Å². The number of carbonyl (C=O) groups excluding carboxylic acids is 2. The number of carbonyl (C=O) groups is 2. The van der Waals surface area contributed by atoms with Crippen LogP contribution in [0.25, 0.3) is 11.3 Å². The fourth-order valence-electron chi connectivity index (χ4n) is 2.29. The van der Waals surface area contributed by atoms with Crippen LogP contribution in [0.3, 0.4) is 0 Å². The minimum atomic E-state index is -0.303. The molecule has 0 spiro atoms. The van der Waals surface area contributed by atoms with Gasteiger partial charge in [-0.2, -0.15) is 0 Å². The molecule has 3 rings (SSSR count). The number of amides is 2. The molecule has 0 atom stereocenters. The molecule has 0 aliphatic heterocycles. The molecule has 132 valence electrons. The van der Waals surface area contributed by atoms with E-state index in [4.69, 9.17) is 0 Å². The van der Waals surface area contributed by atoms with E-state index in [0.717, 1.165) is 21.3 Å². The molecule has 2 N–H and O–H groups in total. The van der Waals surface area contributed by atoms with Crippen molar-refractivity contribution in [2.75, 3.05) is 0 Å². The van der Waals surface area contributed by atoms with Gasteiger partial charge in [0.1, 0.15) is 5.01 Å². The SMILES string of the molecule is O=C(Cc1ccc(Br)cc1)NNC(=O)Cc1nc(-c2ccccc2)cs1. The largest absolute Gasteiger partial charge is 0.273 e. The Kier molecular flexibility index (Phi) is 6.14. The molecule has 26 heavy (non-hydrogen) atoms. The summed E-state index contributed by atoms with van der Waals surface area (Å²) in [6.45, 7) is 0. The van der Waals surface area contributed by atoms with Gasteiger partial charge in [-0.25, -0.2) is 4.98 Å². The summed E-state index contributed by atoms with van der Waals surface area (Å²) in [5, 5.41) is 2.62. The Morgan fingerprint density at radius 3 is 2.27 bits per heavy atom. The van der Waals surface area contributed by atoms with Crippen LogP contribution in [0.5, 0.6) is 0 Å². The first-order valence-corrected chi connectivity index (χ1v) is 9.59. The zero-order valence-corrected chi connectivity index (χ0v) is 16.1. The van der Waals surface area contributed by atoms with Gasteiger partial charge in [-0.1, -0.05) is 58.4 Å². The molecule has 0 saturated heterocycles. The Bertz CT molecular complexity index is 895. The van der Waals surface area contributed by atoms with Gasteiger partial charge in [-0.15, -0.1) is 11.3 Å². The van der Waals surface area contributed by atoms with E-state index in [9.17, 15) is 9.59 Å². The van der Waals surface area contributed by atoms with Crippen molar-refractivity contribution in [3.05, 3.63) is 75.0 Å². The van der Waals surface area contributed by atoms with Crippen molar-refractivity contribution in [2.45, 2.75) is 12.8 Å². The molecule has 0 saturated carbocycles. The quantitative estimate of drug-likeness (QED) is 0.609. The van der Waals surface area contributed by atoms with Crippen LogP contribution in [-0.4, -0.2) is 16.8 Å². The van der Waals surface area contributed by atoms with E-state index in [-0.39, 0.29) is 24.7 Å². The molecule has 7 heteroatoms. The van der Waals surface area contributed by atoms with Crippen molar-refractivity contribution in [1.82, 2.24) is 15.8 Å². The number of hydrogen-bond acceptors (Lipinski definition) is 4. The zero-order valence-electron chi connectivity index (χ0n) is 13.7. The molecule has 1 aromatic heterocycles. The Hall–Kier alpha value is -2.51. The number of nitrogens with zero attached hydrogens (tertiary/aromatic N) is 1. The summed E-state index contributed by atoms with van der Waals surface area (Å²) in [7, 11) is 0. The van der Waals surface area contributed by atoms with E-state index >= 15 is 0 Å². The lowest BCUT2D eigenvalue weighted by Gasteiger charge is -2.06. The Balaban J connectivity index is 1.47. The highest BCUT2D eigenvalue weighted by molar-refractivity contribution is 9.10. The number of halogens is 1. The van der Waals surface area contributed by atoms with Crippen molar-refractivity contribution in [2.24, 2.45) is 0 Å². The number of rotatable bonds is 5. The van der Waals surface area contributed by atoms with Gasteiger partial charge in [0.05, 0.1) is 18.5 Å². The summed E-state index contributed by atoms with van der Waals surface area (Å²) in [6.07, 6.45) is 0.318. The highest BCUT2D eigenvalue weighted by atomic mass is 79.9. The number of hydrogen-bond donors (Lipinski definition) is 2. The number of nitrogens with one attached hydrogen (secondary N) is 2. The molecule has 2 aromatic carbocycles. The average molecular weight is 430 g/mol. The fourth-order valence-corrected chi connectivity index (χ4v) is 3.35. The van der Waals surface area contributed by atoms with Crippen molar-refractivity contribution in [3.8, 4) is 11.3 Å². The zero-order chi connectivity index (χ0) is 18.4. The molecule has 0 bridgehead atoms. The van der Waals surface area contributed by atoms with Crippen molar-refractivity contribution in [1.29, 1.82) is 0 Å². The molecule has 0 fully saturated rings. The van der Waals surface area contributed by atoms with Crippen molar-refractivity contribution >= 4 is 39.1 Å². The fraction of sp³-hybridized carbons (Fsp3) is 0.105. The second kappa shape index (κ2) is 8.73. The molecule has 0 aliphatic carbocycles. The van der Waals surface area contributed by atoms with Gasteiger partial charge in [-0.3, -0.25) is 20.4 Å². The first kappa shape index (κ1) is 18.3. The minimum absolute atomic E-state index is 0.121. The first-order chi connectivity index (χ1) is 12.6. The number of hydrazine groups is 1. The van der Waals surface area contributed by atoms with Gasteiger partial charge in [0.25, 0.3) is 0 Å². The van der Waals surface area contributed by atoms with Gasteiger partial charge < -0.3 is 0 Å². The summed E-state index contributed by atoms with van der Waals surface area (Å²) >= 11 is 4.77. The van der Waals surface area contributed by atoms with Gasteiger partial charge in [0, 0.05) is 15.4 Å². The lowest BCUT2D eigenvalue weighted by atomic mass is 10.1. The molecule has 0 radical (unpaired) electrons.